The largest absolute Gasteiger partial charge is 0.448 e. The molecule has 2 heterocycles. The van der Waals surface area contributed by atoms with E-state index in [1.165, 1.54) is 0 Å². The number of ether oxygens (including phenoxy) is 4. The standard InChI is InChI=1S/C15H27NO13/c1-2-25-14(24)16-26-4-7-8(19)10(21)11(22)13(27-7)29-15(5-18)12(23)9(20)6(3-17)28-15/h6-13,17-23H,2-5H2,1H3,(H,16,24)/t6-,7-,8-,9-,10+,11-,12+,13-,15+/m1/s1. The van der Waals surface area contributed by atoms with E-state index in [1.54, 1.807) is 6.92 Å². The van der Waals surface area contributed by atoms with Crippen LogP contribution in [-0.4, -0.2) is 123 Å². The zero-order valence-electron chi connectivity index (χ0n) is 15.5. The fourth-order valence-corrected chi connectivity index (χ4v) is 2.96. The van der Waals surface area contributed by atoms with Gasteiger partial charge in [-0.3, -0.25) is 4.84 Å². The Morgan fingerprint density at radius 3 is 2.28 bits per heavy atom. The molecule has 2 rings (SSSR count). The zero-order chi connectivity index (χ0) is 21.8. The Labute approximate surface area is 165 Å². The molecule has 2 fully saturated rings. The third-order valence-corrected chi connectivity index (χ3v) is 4.57. The number of carbonyl (C=O) groups excluding carboxylic acids is 1. The fourth-order valence-electron chi connectivity index (χ4n) is 2.96. The van der Waals surface area contributed by atoms with E-state index in [1.807, 2.05) is 5.48 Å². The van der Waals surface area contributed by atoms with Crippen molar-refractivity contribution in [1.82, 2.24) is 5.48 Å². The van der Waals surface area contributed by atoms with Gasteiger partial charge in [-0.25, -0.2) is 4.79 Å². The number of rotatable bonds is 8. The second kappa shape index (κ2) is 10.2. The molecule has 0 aromatic rings. The van der Waals surface area contributed by atoms with E-state index in [-0.39, 0.29) is 6.61 Å². The lowest BCUT2D eigenvalue weighted by atomic mass is 9.99. The predicted molar refractivity (Wildman–Crippen MR) is 87.7 cm³/mol. The molecule has 0 saturated carbocycles. The van der Waals surface area contributed by atoms with Crippen molar-refractivity contribution in [3.63, 3.8) is 0 Å². The molecule has 0 aromatic heterocycles. The third-order valence-electron chi connectivity index (χ3n) is 4.57. The Balaban J connectivity index is 2.06. The molecule has 8 N–H and O–H groups in total. The molecular weight excluding hydrogens is 402 g/mol. The fraction of sp³-hybridized carbons (Fsp3) is 0.933. The van der Waals surface area contributed by atoms with Gasteiger partial charge in [0.2, 0.25) is 5.79 Å². The summed E-state index contributed by atoms with van der Waals surface area (Å²) in [5.41, 5.74) is 1.91. The van der Waals surface area contributed by atoms with Crippen LogP contribution in [0.5, 0.6) is 0 Å². The van der Waals surface area contributed by atoms with Gasteiger partial charge in [0.25, 0.3) is 0 Å². The van der Waals surface area contributed by atoms with Gasteiger partial charge in [0.15, 0.2) is 6.29 Å². The number of nitrogens with one attached hydrogen (secondary N) is 1. The zero-order valence-corrected chi connectivity index (χ0v) is 15.5. The second-order valence-corrected chi connectivity index (χ2v) is 6.51. The molecule has 0 unspecified atom stereocenters. The van der Waals surface area contributed by atoms with Crippen molar-refractivity contribution in [3.8, 4) is 0 Å². The summed E-state index contributed by atoms with van der Waals surface area (Å²) in [6.07, 6.45) is -14.0. The minimum Gasteiger partial charge on any atom is -0.448 e. The number of amides is 1. The highest BCUT2D eigenvalue weighted by molar-refractivity contribution is 5.65. The average molecular weight is 429 g/mol. The van der Waals surface area contributed by atoms with E-state index in [0.29, 0.717) is 0 Å². The summed E-state index contributed by atoms with van der Waals surface area (Å²) in [5.74, 6) is -2.28. The van der Waals surface area contributed by atoms with Crippen LogP contribution < -0.4 is 5.48 Å². The van der Waals surface area contributed by atoms with Crippen LogP contribution in [0, 0.1) is 0 Å². The molecule has 2 aliphatic rings. The first-order chi connectivity index (χ1) is 13.7. The SMILES string of the molecule is CCOC(=O)NOC[C@H]1O[C@H](O[C@]2(CO)O[C@H](CO)[C@@H](O)[C@@H]2O)[C@H](O)[C@@H](O)[C@@H]1O. The van der Waals surface area contributed by atoms with Crippen molar-refractivity contribution in [2.24, 2.45) is 0 Å². The highest BCUT2D eigenvalue weighted by atomic mass is 16.8. The van der Waals surface area contributed by atoms with Crippen LogP contribution in [0.15, 0.2) is 0 Å². The van der Waals surface area contributed by atoms with Gasteiger partial charge < -0.3 is 54.7 Å². The van der Waals surface area contributed by atoms with Crippen molar-refractivity contribution in [1.29, 1.82) is 0 Å². The van der Waals surface area contributed by atoms with Crippen LogP contribution >= 0.6 is 0 Å². The average Bonchev–Trinajstić information content (AvgIpc) is 2.94. The Kier molecular flexibility index (Phi) is 8.50. The lowest BCUT2D eigenvalue weighted by molar-refractivity contribution is -0.384. The van der Waals surface area contributed by atoms with Crippen LogP contribution in [0.4, 0.5) is 4.79 Å². The van der Waals surface area contributed by atoms with Crippen LogP contribution in [0.3, 0.4) is 0 Å². The molecule has 170 valence electrons. The monoisotopic (exact) mass is 429 g/mol. The maximum Gasteiger partial charge on any atom is 0.431 e. The molecule has 9 atom stereocenters. The van der Waals surface area contributed by atoms with Crippen LogP contribution in [0.2, 0.25) is 0 Å². The highest BCUT2D eigenvalue weighted by Crippen LogP contribution is 2.35. The molecular formula is C15H27NO13. The van der Waals surface area contributed by atoms with Gasteiger partial charge in [0, 0.05) is 0 Å². The third kappa shape index (κ3) is 5.12. The molecule has 0 aromatic carbocycles. The Morgan fingerprint density at radius 1 is 1.03 bits per heavy atom. The molecule has 29 heavy (non-hydrogen) atoms. The molecule has 0 aliphatic carbocycles. The molecule has 14 heteroatoms. The second-order valence-electron chi connectivity index (χ2n) is 6.51. The first-order valence-corrected chi connectivity index (χ1v) is 8.88. The van der Waals surface area contributed by atoms with Gasteiger partial charge in [-0.15, -0.1) is 0 Å². The molecule has 1 amide bonds. The van der Waals surface area contributed by atoms with Crippen molar-refractivity contribution >= 4 is 6.09 Å². The summed E-state index contributed by atoms with van der Waals surface area (Å²) in [7, 11) is 0. The number of aliphatic hydroxyl groups excluding tert-OH is 7. The maximum atomic E-state index is 11.2. The summed E-state index contributed by atoms with van der Waals surface area (Å²) in [6.45, 7) is -0.540. The van der Waals surface area contributed by atoms with Gasteiger partial charge in [0.1, 0.15) is 55.9 Å². The van der Waals surface area contributed by atoms with E-state index < -0.39 is 80.7 Å². The van der Waals surface area contributed by atoms with Gasteiger partial charge in [-0.1, -0.05) is 0 Å². The van der Waals surface area contributed by atoms with Crippen LogP contribution in [0.1, 0.15) is 6.92 Å². The lowest BCUT2D eigenvalue weighted by Gasteiger charge is -2.43. The van der Waals surface area contributed by atoms with E-state index in [2.05, 4.69) is 4.74 Å². The Hall–Kier alpha value is -1.17. The number of hydrogen-bond acceptors (Lipinski definition) is 13. The first-order valence-electron chi connectivity index (χ1n) is 8.88. The molecule has 2 aliphatic heterocycles. The number of carbonyl (C=O) groups is 1. The molecule has 0 spiro atoms. The smallest absolute Gasteiger partial charge is 0.431 e. The van der Waals surface area contributed by atoms with Crippen molar-refractivity contribution in [2.45, 2.75) is 61.7 Å². The first kappa shape index (κ1) is 24.1. The summed E-state index contributed by atoms with van der Waals surface area (Å²) >= 11 is 0. The van der Waals surface area contributed by atoms with Crippen LogP contribution in [0.25, 0.3) is 0 Å². The van der Waals surface area contributed by atoms with Crippen molar-refractivity contribution in [3.05, 3.63) is 0 Å². The van der Waals surface area contributed by atoms with E-state index in [9.17, 15) is 40.5 Å². The minimum absolute atomic E-state index is 0.0881. The van der Waals surface area contributed by atoms with Gasteiger partial charge in [-0.05, 0) is 6.92 Å². The van der Waals surface area contributed by atoms with Gasteiger partial charge in [-0.2, -0.15) is 5.48 Å². The van der Waals surface area contributed by atoms with Crippen LogP contribution in [-0.2, 0) is 23.8 Å². The number of hydroxylamine groups is 1. The highest BCUT2D eigenvalue weighted by Gasteiger charge is 2.58. The van der Waals surface area contributed by atoms with Crippen molar-refractivity contribution < 1.29 is 64.3 Å². The predicted octanol–water partition coefficient (Wildman–Crippen LogP) is -4.71. The van der Waals surface area contributed by atoms with Gasteiger partial charge >= 0.3 is 6.09 Å². The van der Waals surface area contributed by atoms with Gasteiger partial charge in [0.05, 0.1) is 13.2 Å². The summed E-state index contributed by atoms with van der Waals surface area (Å²) < 4.78 is 20.4. The van der Waals surface area contributed by atoms with Crippen molar-refractivity contribution in [2.75, 3.05) is 26.4 Å². The lowest BCUT2D eigenvalue weighted by Crippen LogP contribution is -2.63. The summed E-state index contributed by atoms with van der Waals surface area (Å²) in [4.78, 5) is 16.0. The van der Waals surface area contributed by atoms with E-state index in [0.717, 1.165) is 0 Å². The Bertz CT molecular complexity index is 538. The molecule has 0 radical (unpaired) electrons. The normalized spacial score (nSPS) is 42.6. The molecule has 2 saturated heterocycles. The minimum atomic E-state index is -2.28. The maximum absolute atomic E-state index is 11.2. The number of aliphatic hydroxyl groups is 7. The van der Waals surface area contributed by atoms with E-state index >= 15 is 0 Å². The molecule has 0 bridgehead atoms. The number of hydrogen-bond donors (Lipinski definition) is 8. The molecule has 14 nitrogen and oxygen atoms in total. The summed E-state index contributed by atoms with van der Waals surface area (Å²) in [5, 5.41) is 69.1. The van der Waals surface area contributed by atoms with E-state index in [4.69, 9.17) is 19.0 Å². The topological polar surface area (TPSA) is 217 Å². The quantitative estimate of drug-likeness (QED) is 0.170. The summed E-state index contributed by atoms with van der Waals surface area (Å²) in [6, 6.07) is 0. The Morgan fingerprint density at radius 2 is 1.72 bits per heavy atom.